The highest BCUT2D eigenvalue weighted by Crippen LogP contribution is 2.34. The summed E-state index contributed by atoms with van der Waals surface area (Å²) in [6, 6.07) is 27.0. The molecule has 5 rings (SSSR count). The van der Waals surface area contributed by atoms with E-state index in [4.69, 9.17) is 0 Å². The Morgan fingerprint density at radius 3 is 1.49 bits per heavy atom. The van der Waals surface area contributed by atoms with Gasteiger partial charge in [0.2, 0.25) is 0 Å². The Morgan fingerprint density at radius 1 is 0.649 bits per heavy atom. The molecule has 0 aliphatic heterocycles. The predicted octanol–water partition coefficient (Wildman–Crippen LogP) is 2.23. The molecule has 0 unspecified atom stereocenters. The van der Waals surface area contributed by atoms with E-state index in [9.17, 15) is 9.59 Å². The van der Waals surface area contributed by atoms with Crippen LogP contribution in [0, 0.1) is 13.8 Å². The van der Waals surface area contributed by atoms with Crippen molar-refractivity contribution in [2.75, 3.05) is 0 Å². The first kappa shape index (κ1) is 26.5. The predicted molar refractivity (Wildman–Crippen MR) is 147 cm³/mol. The highest BCUT2D eigenvalue weighted by molar-refractivity contribution is 9.10. The lowest BCUT2D eigenvalue weighted by atomic mass is 9.85. The minimum absolute atomic E-state index is 0. The molecule has 0 saturated carbocycles. The van der Waals surface area contributed by atoms with Gasteiger partial charge in [-0.15, -0.1) is 0 Å². The normalized spacial score (nSPS) is 11.1. The molecule has 37 heavy (non-hydrogen) atoms. The van der Waals surface area contributed by atoms with E-state index in [1.807, 2.05) is 122 Å². The minimum atomic E-state index is -0.546. The number of benzene rings is 3. The molecule has 0 N–H and O–H groups in total. The van der Waals surface area contributed by atoms with Crippen LogP contribution in [0.25, 0.3) is 11.4 Å². The van der Waals surface area contributed by atoms with Gasteiger partial charge < -0.3 is 12.4 Å². The van der Waals surface area contributed by atoms with Crippen LogP contribution in [0.2, 0.25) is 0 Å². The number of halogens is 2. The largest absolute Gasteiger partial charge is 1.00 e. The molecule has 8 heteroatoms. The molecule has 0 bridgehead atoms. The average molecular weight is 579 g/mol. The van der Waals surface area contributed by atoms with Gasteiger partial charge in [-0.1, -0.05) is 64.5 Å². The summed E-state index contributed by atoms with van der Waals surface area (Å²) in [5, 5.41) is 0. The summed E-state index contributed by atoms with van der Waals surface area (Å²) in [6.07, 6.45) is 0. The van der Waals surface area contributed by atoms with E-state index in [-0.39, 0.29) is 23.5 Å². The van der Waals surface area contributed by atoms with E-state index in [2.05, 4.69) is 15.9 Å². The summed E-state index contributed by atoms with van der Waals surface area (Å²) >= 11 is 3.59. The monoisotopic (exact) mass is 577 g/mol. The van der Waals surface area contributed by atoms with Crippen LogP contribution < -0.4 is 23.5 Å². The fourth-order valence-electron chi connectivity index (χ4n) is 5.01. The molecule has 5 aromatic rings. The maximum Gasteiger partial charge on any atom is 0.275 e. The number of hydrogen-bond donors (Lipinski definition) is 0. The van der Waals surface area contributed by atoms with Crippen LogP contribution in [0.1, 0.15) is 34.0 Å². The third kappa shape index (κ3) is 4.43. The van der Waals surface area contributed by atoms with E-state index < -0.39 is 5.92 Å². The van der Waals surface area contributed by atoms with Crippen LogP contribution in [0.3, 0.4) is 0 Å². The first-order chi connectivity index (χ1) is 17.3. The third-order valence-corrected chi connectivity index (χ3v) is 7.45. The zero-order valence-corrected chi connectivity index (χ0v) is 23.4. The van der Waals surface area contributed by atoms with Gasteiger partial charge in [-0.3, -0.25) is 19.0 Å². The van der Waals surface area contributed by atoms with Gasteiger partial charge in [0, 0.05) is 35.9 Å². The molecule has 6 nitrogen and oxygen atoms in total. The zero-order valence-electron chi connectivity index (χ0n) is 21.0. The first-order valence-electron chi connectivity index (χ1n) is 11.7. The number of nitrogens with zero attached hydrogens (tertiary/aromatic N) is 4. The van der Waals surface area contributed by atoms with Gasteiger partial charge in [0.25, 0.3) is 11.1 Å². The van der Waals surface area contributed by atoms with Crippen molar-refractivity contribution in [2.45, 2.75) is 19.8 Å². The standard InChI is InChI=1S/C29H27BrN4O2.ClH/c1-19-25(28(35)33(31(19)3)23-14-7-5-8-15-23)27(21-12-11-13-22(30)18-21)26-20(2)32(4)34(29(26)36)24-16-9-6-10-17-24;/h5-18,27H,1-4H3;1H/p-1. The van der Waals surface area contributed by atoms with Gasteiger partial charge in [0.15, 0.2) is 0 Å². The Morgan fingerprint density at radius 2 is 1.08 bits per heavy atom. The fourth-order valence-corrected chi connectivity index (χ4v) is 5.42. The maximum atomic E-state index is 14.1. The molecule has 0 saturated heterocycles. The van der Waals surface area contributed by atoms with Crippen molar-refractivity contribution in [1.29, 1.82) is 0 Å². The quantitative estimate of drug-likeness (QED) is 0.321. The average Bonchev–Trinajstić information content (AvgIpc) is 3.24. The number of hydrogen-bond acceptors (Lipinski definition) is 2. The Hall–Kier alpha value is -3.55. The summed E-state index contributed by atoms with van der Waals surface area (Å²) in [5.74, 6) is -0.546. The number of para-hydroxylation sites is 2. The highest BCUT2D eigenvalue weighted by Gasteiger charge is 2.32. The lowest BCUT2D eigenvalue weighted by Gasteiger charge is -2.16. The topological polar surface area (TPSA) is 53.9 Å². The molecular weight excluding hydrogens is 552 g/mol. The van der Waals surface area contributed by atoms with Crippen molar-refractivity contribution in [3.05, 3.63) is 138 Å². The molecule has 3 aromatic carbocycles. The van der Waals surface area contributed by atoms with Gasteiger partial charge in [-0.25, -0.2) is 9.36 Å². The van der Waals surface area contributed by atoms with Crippen molar-refractivity contribution in [2.24, 2.45) is 14.1 Å². The molecule has 0 aliphatic rings. The number of rotatable bonds is 5. The molecule has 0 fully saturated rings. The summed E-state index contributed by atoms with van der Waals surface area (Å²) in [4.78, 5) is 28.2. The molecule has 2 aromatic heterocycles. The van der Waals surface area contributed by atoms with Crippen molar-refractivity contribution in [3.63, 3.8) is 0 Å². The van der Waals surface area contributed by atoms with Crippen LogP contribution in [-0.4, -0.2) is 18.7 Å². The van der Waals surface area contributed by atoms with Crippen LogP contribution in [-0.2, 0) is 14.1 Å². The number of aromatic nitrogens is 4. The molecule has 190 valence electrons. The Bertz CT molecular complexity index is 1580. The second-order valence-electron chi connectivity index (χ2n) is 8.94. The summed E-state index contributed by atoms with van der Waals surface area (Å²) in [5.41, 5.74) is 4.95. The van der Waals surface area contributed by atoms with Crippen LogP contribution >= 0.6 is 15.9 Å². The fraction of sp³-hybridized carbons (Fsp3) is 0.172. The molecular formula is C29H27BrClN4O2-. The van der Waals surface area contributed by atoms with Crippen molar-refractivity contribution < 1.29 is 12.4 Å². The summed E-state index contributed by atoms with van der Waals surface area (Å²) in [7, 11) is 3.76. The van der Waals surface area contributed by atoms with Gasteiger partial charge in [0.1, 0.15) is 0 Å². The van der Waals surface area contributed by atoms with E-state index in [1.54, 1.807) is 9.36 Å². The lowest BCUT2D eigenvalue weighted by Crippen LogP contribution is -3.00. The van der Waals surface area contributed by atoms with Crippen molar-refractivity contribution in [1.82, 2.24) is 18.7 Å². The van der Waals surface area contributed by atoms with Gasteiger partial charge in [0.05, 0.1) is 22.5 Å². The molecule has 0 aliphatic carbocycles. The molecule has 0 atom stereocenters. The molecule has 0 radical (unpaired) electrons. The maximum absolute atomic E-state index is 14.1. The Labute approximate surface area is 229 Å². The van der Waals surface area contributed by atoms with Crippen LogP contribution in [0.4, 0.5) is 0 Å². The minimum Gasteiger partial charge on any atom is -1.00 e. The SMILES string of the molecule is Cc1c(C(c2cccc(Br)c2)c2c(C)n(C)n(-c3ccccc3)c2=O)c(=O)n(-c2ccccc2)n1C.[Cl-]. The third-order valence-electron chi connectivity index (χ3n) is 6.96. The Balaban J connectivity index is 0.00000320. The summed E-state index contributed by atoms with van der Waals surface area (Å²) < 4.78 is 7.96. The van der Waals surface area contributed by atoms with Crippen LogP contribution in [0.15, 0.2) is 99.0 Å². The molecule has 0 spiro atoms. The van der Waals surface area contributed by atoms with Crippen LogP contribution in [0.5, 0.6) is 0 Å². The van der Waals surface area contributed by atoms with Gasteiger partial charge >= 0.3 is 0 Å². The lowest BCUT2D eigenvalue weighted by molar-refractivity contribution is -0.00000740. The summed E-state index contributed by atoms with van der Waals surface area (Å²) in [6.45, 7) is 3.88. The highest BCUT2D eigenvalue weighted by atomic mass is 79.9. The van der Waals surface area contributed by atoms with Crippen molar-refractivity contribution >= 4 is 15.9 Å². The second kappa shape index (κ2) is 10.4. The first-order valence-corrected chi connectivity index (χ1v) is 12.5. The van der Waals surface area contributed by atoms with Gasteiger partial charge in [-0.05, 0) is 55.8 Å². The smallest absolute Gasteiger partial charge is 0.275 e. The molecule has 0 amide bonds. The van der Waals surface area contributed by atoms with E-state index >= 15 is 0 Å². The van der Waals surface area contributed by atoms with E-state index in [0.29, 0.717) is 11.1 Å². The Kier molecular flexibility index (Phi) is 7.48. The second-order valence-corrected chi connectivity index (χ2v) is 9.85. The van der Waals surface area contributed by atoms with Crippen molar-refractivity contribution in [3.8, 4) is 11.4 Å². The van der Waals surface area contributed by atoms with Gasteiger partial charge in [-0.2, -0.15) is 0 Å². The van der Waals surface area contributed by atoms with E-state index in [0.717, 1.165) is 32.8 Å². The zero-order chi connectivity index (χ0) is 25.6. The van der Waals surface area contributed by atoms with E-state index in [1.165, 1.54) is 0 Å². The molecule has 2 heterocycles.